The van der Waals surface area contributed by atoms with Crippen molar-refractivity contribution in [3.8, 4) is 0 Å². The Labute approximate surface area is 108 Å². The van der Waals surface area contributed by atoms with Gasteiger partial charge < -0.3 is 0 Å². The normalized spacial score (nSPS) is 10.2. The van der Waals surface area contributed by atoms with Crippen molar-refractivity contribution in [1.82, 2.24) is 0 Å². The van der Waals surface area contributed by atoms with Gasteiger partial charge in [0.1, 0.15) is 5.78 Å². The van der Waals surface area contributed by atoms with Gasteiger partial charge in [-0.2, -0.15) is 0 Å². The van der Waals surface area contributed by atoms with Gasteiger partial charge in [-0.25, -0.2) is 0 Å². The van der Waals surface area contributed by atoms with Crippen molar-refractivity contribution in [2.24, 2.45) is 0 Å². The van der Waals surface area contributed by atoms with Crippen LogP contribution >= 0.6 is 15.9 Å². The molecule has 0 spiro atoms. The van der Waals surface area contributed by atoms with Crippen LogP contribution in [0.2, 0.25) is 0 Å². The largest absolute Gasteiger partial charge is 0.300 e. The maximum Gasteiger partial charge on any atom is 0.269 e. The van der Waals surface area contributed by atoms with Crippen molar-refractivity contribution in [3.63, 3.8) is 0 Å². The average molecular weight is 300 g/mol. The molecule has 5 heteroatoms. The van der Waals surface area contributed by atoms with E-state index in [0.29, 0.717) is 19.3 Å². The lowest BCUT2D eigenvalue weighted by Gasteiger charge is -2.00. The summed E-state index contributed by atoms with van der Waals surface area (Å²) >= 11 is 3.28. The molecule has 0 aliphatic carbocycles. The van der Waals surface area contributed by atoms with Gasteiger partial charge in [0.15, 0.2) is 0 Å². The summed E-state index contributed by atoms with van der Waals surface area (Å²) in [6.45, 7) is 0. The van der Waals surface area contributed by atoms with E-state index in [4.69, 9.17) is 0 Å². The standard InChI is InChI=1S/C12H14BrNO3/c13-9-1-2-12(15)8-5-10-3-6-11(7-4-10)14(16)17/h3-4,6-7H,1-2,5,8-9H2. The Morgan fingerprint density at radius 3 is 2.41 bits per heavy atom. The third-order valence-corrected chi connectivity index (χ3v) is 2.99. The molecule has 1 rings (SSSR count). The van der Waals surface area contributed by atoms with E-state index in [1.807, 2.05) is 0 Å². The molecule has 17 heavy (non-hydrogen) atoms. The molecule has 0 amide bonds. The summed E-state index contributed by atoms with van der Waals surface area (Å²) in [5.74, 6) is 0.239. The van der Waals surface area contributed by atoms with E-state index in [9.17, 15) is 14.9 Å². The number of carbonyl (C=O) groups is 1. The number of rotatable bonds is 7. The van der Waals surface area contributed by atoms with Crippen LogP contribution in [-0.2, 0) is 11.2 Å². The molecule has 92 valence electrons. The van der Waals surface area contributed by atoms with E-state index in [1.165, 1.54) is 12.1 Å². The van der Waals surface area contributed by atoms with Crippen LogP contribution in [0.3, 0.4) is 0 Å². The zero-order valence-corrected chi connectivity index (χ0v) is 11.0. The van der Waals surface area contributed by atoms with Gasteiger partial charge in [0.05, 0.1) is 4.92 Å². The van der Waals surface area contributed by atoms with E-state index in [0.717, 1.165) is 17.3 Å². The van der Waals surface area contributed by atoms with Crippen molar-refractivity contribution in [2.75, 3.05) is 5.33 Å². The number of hydrogen-bond donors (Lipinski definition) is 0. The summed E-state index contributed by atoms with van der Waals surface area (Å²) in [4.78, 5) is 21.4. The van der Waals surface area contributed by atoms with Crippen LogP contribution in [0.1, 0.15) is 24.8 Å². The molecular formula is C12H14BrNO3. The van der Waals surface area contributed by atoms with Gasteiger partial charge in [-0.3, -0.25) is 14.9 Å². The van der Waals surface area contributed by atoms with Crippen LogP contribution in [0.4, 0.5) is 5.69 Å². The molecule has 0 heterocycles. The minimum Gasteiger partial charge on any atom is -0.300 e. The van der Waals surface area contributed by atoms with Gasteiger partial charge in [-0.05, 0) is 18.4 Å². The molecule has 0 radical (unpaired) electrons. The second kappa shape index (κ2) is 7.17. The molecule has 0 saturated heterocycles. The first kappa shape index (κ1) is 13.8. The van der Waals surface area contributed by atoms with Gasteiger partial charge >= 0.3 is 0 Å². The quantitative estimate of drug-likeness (QED) is 0.441. The SMILES string of the molecule is O=C(CCCBr)CCc1ccc([N+](=O)[O-])cc1. The number of hydrogen-bond acceptors (Lipinski definition) is 3. The number of ketones is 1. The molecule has 0 aliphatic rings. The van der Waals surface area contributed by atoms with E-state index in [2.05, 4.69) is 15.9 Å². The van der Waals surface area contributed by atoms with Gasteiger partial charge in [0, 0.05) is 30.3 Å². The molecule has 1 aromatic rings. The Morgan fingerprint density at radius 2 is 1.88 bits per heavy atom. The predicted octanol–water partition coefficient (Wildman–Crippen LogP) is 3.27. The molecule has 0 aromatic heterocycles. The van der Waals surface area contributed by atoms with Crippen LogP contribution < -0.4 is 0 Å². The Balaban J connectivity index is 2.42. The van der Waals surface area contributed by atoms with Crippen LogP contribution in [0.5, 0.6) is 0 Å². The lowest BCUT2D eigenvalue weighted by atomic mass is 10.1. The Kier molecular flexibility index (Phi) is 5.83. The van der Waals surface area contributed by atoms with Gasteiger partial charge in [0.2, 0.25) is 0 Å². The molecule has 0 saturated carbocycles. The Hall–Kier alpha value is -1.23. The molecule has 0 aliphatic heterocycles. The number of carbonyl (C=O) groups excluding carboxylic acids is 1. The number of nitrogens with zero attached hydrogens (tertiary/aromatic N) is 1. The number of halogens is 1. The fourth-order valence-electron chi connectivity index (χ4n) is 1.46. The zero-order chi connectivity index (χ0) is 12.7. The van der Waals surface area contributed by atoms with Gasteiger partial charge in [-0.15, -0.1) is 0 Å². The number of nitro groups is 1. The average Bonchev–Trinajstić information content (AvgIpc) is 2.34. The Morgan fingerprint density at radius 1 is 1.24 bits per heavy atom. The van der Waals surface area contributed by atoms with Crippen LogP contribution in [0.15, 0.2) is 24.3 Å². The molecule has 0 fully saturated rings. The van der Waals surface area contributed by atoms with Crippen molar-refractivity contribution in [1.29, 1.82) is 0 Å². The lowest BCUT2D eigenvalue weighted by molar-refractivity contribution is -0.384. The lowest BCUT2D eigenvalue weighted by Crippen LogP contribution is -2.00. The zero-order valence-electron chi connectivity index (χ0n) is 9.39. The van der Waals surface area contributed by atoms with E-state index < -0.39 is 4.92 Å². The fraction of sp³-hybridized carbons (Fsp3) is 0.417. The fourth-order valence-corrected chi connectivity index (χ4v) is 1.74. The topological polar surface area (TPSA) is 60.2 Å². The maximum atomic E-state index is 11.4. The number of nitro benzene ring substituents is 1. The first-order valence-electron chi connectivity index (χ1n) is 5.44. The molecule has 0 atom stereocenters. The van der Waals surface area contributed by atoms with Gasteiger partial charge in [0.25, 0.3) is 5.69 Å². The van der Waals surface area contributed by atoms with Crippen molar-refractivity contribution < 1.29 is 9.72 Å². The van der Waals surface area contributed by atoms with Gasteiger partial charge in [-0.1, -0.05) is 28.1 Å². The molecule has 0 N–H and O–H groups in total. The number of benzene rings is 1. The highest BCUT2D eigenvalue weighted by Crippen LogP contribution is 2.13. The summed E-state index contributed by atoms with van der Waals surface area (Å²) in [6.07, 6.45) is 2.61. The number of non-ortho nitro benzene ring substituents is 1. The van der Waals surface area contributed by atoms with E-state index in [-0.39, 0.29) is 11.5 Å². The summed E-state index contributed by atoms with van der Waals surface area (Å²) in [5.41, 5.74) is 1.04. The minimum absolute atomic E-state index is 0.0827. The summed E-state index contributed by atoms with van der Waals surface area (Å²) in [6, 6.07) is 6.35. The molecule has 0 bridgehead atoms. The molecular weight excluding hydrogens is 286 g/mol. The summed E-state index contributed by atoms with van der Waals surface area (Å²) < 4.78 is 0. The highest BCUT2D eigenvalue weighted by molar-refractivity contribution is 9.09. The highest BCUT2D eigenvalue weighted by Gasteiger charge is 2.05. The second-order valence-electron chi connectivity index (χ2n) is 3.75. The number of aryl methyl sites for hydroxylation is 1. The number of Topliss-reactive ketones (excluding diaryl/α,β-unsaturated/α-hetero) is 1. The van der Waals surface area contributed by atoms with E-state index in [1.54, 1.807) is 12.1 Å². The second-order valence-corrected chi connectivity index (χ2v) is 4.55. The van der Waals surface area contributed by atoms with Crippen molar-refractivity contribution >= 4 is 27.4 Å². The molecule has 1 aromatic carbocycles. The first-order valence-corrected chi connectivity index (χ1v) is 6.56. The third kappa shape index (κ3) is 5.08. The minimum atomic E-state index is -0.426. The summed E-state index contributed by atoms with van der Waals surface area (Å²) in [5, 5.41) is 11.3. The first-order chi connectivity index (χ1) is 8.13. The van der Waals surface area contributed by atoms with Crippen molar-refractivity contribution in [2.45, 2.75) is 25.7 Å². The smallest absolute Gasteiger partial charge is 0.269 e. The predicted molar refractivity (Wildman–Crippen MR) is 69.5 cm³/mol. The third-order valence-electron chi connectivity index (χ3n) is 2.43. The van der Waals surface area contributed by atoms with Crippen LogP contribution in [0.25, 0.3) is 0 Å². The Bertz CT molecular complexity index is 389. The van der Waals surface area contributed by atoms with Crippen LogP contribution in [-0.4, -0.2) is 16.0 Å². The number of alkyl halides is 1. The molecule has 4 nitrogen and oxygen atoms in total. The maximum absolute atomic E-state index is 11.4. The van der Waals surface area contributed by atoms with E-state index >= 15 is 0 Å². The van der Waals surface area contributed by atoms with Crippen LogP contribution in [0, 0.1) is 10.1 Å². The monoisotopic (exact) mass is 299 g/mol. The van der Waals surface area contributed by atoms with Crippen molar-refractivity contribution in [3.05, 3.63) is 39.9 Å². The summed E-state index contributed by atoms with van der Waals surface area (Å²) in [7, 11) is 0. The molecule has 0 unspecified atom stereocenters. The highest BCUT2D eigenvalue weighted by atomic mass is 79.9.